The fourth-order valence-corrected chi connectivity index (χ4v) is 3.90. The lowest BCUT2D eigenvalue weighted by Crippen LogP contribution is -2.43. The number of ether oxygens (including phenoxy) is 4. The first-order chi connectivity index (χ1) is 13.6. The normalized spacial score (nSPS) is 20.0. The molecule has 1 aliphatic rings. The number of esters is 1. The van der Waals surface area contributed by atoms with Crippen LogP contribution in [0.2, 0.25) is 18.1 Å². The van der Waals surface area contributed by atoms with Crippen molar-refractivity contribution in [3.63, 3.8) is 0 Å². The highest BCUT2D eigenvalue weighted by atomic mass is 28.4. The molecule has 6 nitrogen and oxygen atoms in total. The fraction of sp³-hybridized carbons (Fsp3) is 0.591. The molecule has 0 N–H and O–H groups in total. The third-order valence-corrected chi connectivity index (χ3v) is 10.2. The predicted octanol–water partition coefficient (Wildman–Crippen LogP) is 4.62. The Kier molecular flexibility index (Phi) is 7.54. The Balaban J connectivity index is 2.35. The average Bonchev–Trinajstić information content (AvgIpc) is 3.04. The Morgan fingerprint density at radius 3 is 2.21 bits per heavy atom. The van der Waals surface area contributed by atoms with Crippen molar-refractivity contribution in [3.8, 4) is 5.75 Å². The first kappa shape index (κ1) is 23.4. The molecule has 1 aromatic rings. The summed E-state index contributed by atoms with van der Waals surface area (Å²) in [5.41, 5.74) is 1.22. The summed E-state index contributed by atoms with van der Waals surface area (Å²) in [5.74, 6) is 0.779. The molecule has 29 heavy (non-hydrogen) atoms. The van der Waals surface area contributed by atoms with Gasteiger partial charge in [-0.05, 0) is 42.8 Å². The summed E-state index contributed by atoms with van der Waals surface area (Å²) in [7, 11) is 1.18. The number of carbonyl (C=O) groups is 1. The minimum atomic E-state index is -1.98. The van der Waals surface area contributed by atoms with Gasteiger partial charge in [0.2, 0.25) is 0 Å². The summed E-state index contributed by atoms with van der Waals surface area (Å²) >= 11 is 0. The molecular weight excluding hydrogens is 388 g/mol. The van der Waals surface area contributed by atoms with E-state index in [0.717, 1.165) is 11.3 Å². The molecule has 1 heterocycles. The fourth-order valence-electron chi connectivity index (χ4n) is 2.89. The molecule has 162 valence electrons. The molecule has 1 aromatic carbocycles. The van der Waals surface area contributed by atoms with E-state index >= 15 is 0 Å². The van der Waals surface area contributed by atoms with Crippen molar-refractivity contribution in [1.29, 1.82) is 0 Å². The van der Waals surface area contributed by atoms with E-state index in [4.69, 9.17) is 23.4 Å². The molecule has 0 radical (unpaired) electrons. The van der Waals surface area contributed by atoms with Gasteiger partial charge in [0.15, 0.2) is 8.32 Å². The monoisotopic (exact) mass is 422 g/mol. The number of rotatable bonds is 8. The van der Waals surface area contributed by atoms with E-state index in [2.05, 4.69) is 33.9 Å². The first-order valence-corrected chi connectivity index (χ1v) is 12.8. The highest BCUT2D eigenvalue weighted by Crippen LogP contribution is 2.41. The summed E-state index contributed by atoms with van der Waals surface area (Å²) < 4.78 is 28.8. The van der Waals surface area contributed by atoms with Crippen LogP contribution in [0.5, 0.6) is 5.75 Å². The Morgan fingerprint density at radius 2 is 1.72 bits per heavy atom. The van der Waals surface area contributed by atoms with Crippen molar-refractivity contribution >= 4 is 14.3 Å². The standard InChI is InChI=1S/C22H34O6Si/c1-9-26-21(23)18-19(15-10-12-16(24-5)13-11-15)28-17(20(18)25-6)14-27-29(7,8)22(2,3)4/h10-13,17,19H,9,14H2,1-8H3/t17-,19+/m1/s1. The van der Waals surface area contributed by atoms with Crippen LogP contribution in [-0.2, 0) is 23.4 Å². The molecule has 0 saturated carbocycles. The Morgan fingerprint density at radius 1 is 1.10 bits per heavy atom. The summed E-state index contributed by atoms with van der Waals surface area (Å²) in [6.45, 7) is 13.3. The van der Waals surface area contributed by atoms with Crippen LogP contribution in [0, 0.1) is 0 Å². The van der Waals surface area contributed by atoms with Crippen molar-refractivity contribution in [2.45, 2.75) is 58.0 Å². The van der Waals surface area contributed by atoms with Crippen molar-refractivity contribution in [2.24, 2.45) is 0 Å². The van der Waals surface area contributed by atoms with Gasteiger partial charge in [-0.15, -0.1) is 0 Å². The molecule has 0 unspecified atom stereocenters. The second kappa shape index (κ2) is 9.32. The molecule has 7 heteroatoms. The topological polar surface area (TPSA) is 63.2 Å². The maximum absolute atomic E-state index is 12.7. The smallest absolute Gasteiger partial charge is 0.340 e. The van der Waals surface area contributed by atoms with Crippen LogP contribution in [0.15, 0.2) is 35.6 Å². The molecule has 0 aliphatic carbocycles. The molecule has 0 saturated heterocycles. The van der Waals surface area contributed by atoms with Crippen LogP contribution in [0.4, 0.5) is 0 Å². The molecule has 1 aliphatic heterocycles. The van der Waals surface area contributed by atoms with E-state index in [9.17, 15) is 4.79 Å². The Hall–Kier alpha value is -1.83. The number of methoxy groups -OCH3 is 2. The Labute approximate surface area is 175 Å². The van der Waals surface area contributed by atoms with Gasteiger partial charge in [-0.1, -0.05) is 32.9 Å². The van der Waals surface area contributed by atoms with Gasteiger partial charge in [-0.3, -0.25) is 0 Å². The lowest BCUT2D eigenvalue weighted by atomic mass is 10.0. The van der Waals surface area contributed by atoms with Crippen LogP contribution in [0.25, 0.3) is 0 Å². The highest BCUT2D eigenvalue weighted by Gasteiger charge is 2.44. The molecule has 2 rings (SSSR count). The van der Waals surface area contributed by atoms with Gasteiger partial charge in [0.1, 0.15) is 29.3 Å². The zero-order chi connectivity index (χ0) is 21.8. The van der Waals surface area contributed by atoms with E-state index in [0.29, 0.717) is 17.9 Å². The number of carbonyl (C=O) groups excluding carboxylic acids is 1. The first-order valence-electron chi connectivity index (χ1n) is 9.94. The SMILES string of the molecule is CCOC(=O)C1=C(OC)[C@@H](CO[Si](C)(C)C(C)(C)C)O[C@H]1c1ccc(OC)cc1. The molecule has 2 atom stereocenters. The third-order valence-electron chi connectivity index (χ3n) is 5.66. The lowest BCUT2D eigenvalue weighted by molar-refractivity contribution is -0.139. The van der Waals surface area contributed by atoms with Gasteiger partial charge in [-0.2, -0.15) is 0 Å². The minimum absolute atomic E-state index is 0.0713. The van der Waals surface area contributed by atoms with Crippen molar-refractivity contribution in [3.05, 3.63) is 41.2 Å². The maximum Gasteiger partial charge on any atom is 0.340 e. The van der Waals surface area contributed by atoms with Crippen LogP contribution < -0.4 is 4.74 Å². The summed E-state index contributed by atoms with van der Waals surface area (Å²) in [4.78, 5) is 12.7. The van der Waals surface area contributed by atoms with Crippen LogP contribution in [0.1, 0.15) is 39.4 Å². The molecule has 0 aromatic heterocycles. The molecule has 0 amide bonds. The van der Waals surface area contributed by atoms with Crippen molar-refractivity contribution in [2.75, 3.05) is 27.4 Å². The zero-order valence-corrected chi connectivity index (χ0v) is 19.8. The van der Waals surface area contributed by atoms with Gasteiger partial charge in [0.05, 0.1) is 27.4 Å². The maximum atomic E-state index is 12.7. The Bertz CT molecular complexity index is 733. The van der Waals surface area contributed by atoms with Gasteiger partial charge >= 0.3 is 5.97 Å². The van der Waals surface area contributed by atoms with Crippen molar-refractivity contribution < 1.29 is 28.2 Å². The summed E-state index contributed by atoms with van der Waals surface area (Å²) in [6.07, 6.45) is -1.05. The van der Waals surface area contributed by atoms with E-state index in [1.165, 1.54) is 0 Å². The lowest BCUT2D eigenvalue weighted by Gasteiger charge is -2.37. The number of hydrogen-bond donors (Lipinski definition) is 0. The zero-order valence-electron chi connectivity index (χ0n) is 18.8. The van der Waals surface area contributed by atoms with Gasteiger partial charge in [-0.25, -0.2) is 4.79 Å². The molecule has 0 spiro atoms. The van der Waals surface area contributed by atoms with Crippen LogP contribution >= 0.6 is 0 Å². The largest absolute Gasteiger partial charge is 0.498 e. The summed E-state index contributed by atoms with van der Waals surface area (Å²) in [5, 5.41) is 0.0713. The molecule has 0 bridgehead atoms. The van der Waals surface area contributed by atoms with E-state index in [1.807, 2.05) is 24.3 Å². The second-order valence-electron chi connectivity index (χ2n) is 8.55. The van der Waals surface area contributed by atoms with Crippen LogP contribution in [-0.4, -0.2) is 47.8 Å². The average molecular weight is 423 g/mol. The van der Waals surface area contributed by atoms with E-state index < -0.39 is 26.5 Å². The predicted molar refractivity (Wildman–Crippen MR) is 114 cm³/mol. The highest BCUT2D eigenvalue weighted by molar-refractivity contribution is 6.74. The number of hydrogen-bond acceptors (Lipinski definition) is 6. The molecule has 0 fully saturated rings. The van der Waals surface area contributed by atoms with Crippen molar-refractivity contribution in [1.82, 2.24) is 0 Å². The van der Waals surface area contributed by atoms with Gasteiger partial charge < -0.3 is 23.4 Å². The summed E-state index contributed by atoms with van der Waals surface area (Å²) in [6, 6.07) is 7.45. The minimum Gasteiger partial charge on any atom is -0.498 e. The third kappa shape index (κ3) is 5.21. The van der Waals surface area contributed by atoms with E-state index in [1.54, 1.807) is 21.1 Å². The number of benzene rings is 1. The quantitative estimate of drug-likeness (QED) is 0.450. The van der Waals surface area contributed by atoms with E-state index in [-0.39, 0.29) is 11.6 Å². The van der Waals surface area contributed by atoms with Gasteiger partial charge in [0, 0.05) is 0 Å². The van der Waals surface area contributed by atoms with Crippen LogP contribution in [0.3, 0.4) is 0 Å². The van der Waals surface area contributed by atoms with Gasteiger partial charge in [0.25, 0.3) is 0 Å². The second-order valence-corrected chi connectivity index (χ2v) is 13.4. The molecular formula is C22H34O6Si.